The van der Waals surface area contributed by atoms with E-state index in [4.69, 9.17) is 33.8 Å². The molecule has 5 heteroatoms. The number of ether oxygens (including phenoxy) is 1. The van der Waals surface area contributed by atoms with Gasteiger partial charge in [-0.1, -0.05) is 29.3 Å². The summed E-state index contributed by atoms with van der Waals surface area (Å²) < 4.78 is 5.61. The Kier molecular flexibility index (Phi) is 5.27. The molecule has 1 heterocycles. The van der Waals surface area contributed by atoms with Crippen molar-refractivity contribution in [3.63, 3.8) is 0 Å². The second-order valence-corrected chi connectivity index (χ2v) is 5.44. The van der Waals surface area contributed by atoms with E-state index in [1.165, 1.54) is 0 Å². The minimum Gasteiger partial charge on any atom is -0.378 e. The third kappa shape index (κ3) is 3.59. The van der Waals surface area contributed by atoms with Gasteiger partial charge in [0.25, 0.3) is 0 Å². The molecule has 0 spiro atoms. The maximum Gasteiger partial charge on any atom is 0.0576 e. The molecule has 1 aromatic carbocycles. The van der Waals surface area contributed by atoms with E-state index in [9.17, 15) is 0 Å². The Labute approximate surface area is 118 Å². The fourth-order valence-corrected chi connectivity index (χ4v) is 2.88. The zero-order chi connectivity index (χ0) is 13.0. The molecule has 100 valence electrons. The Hall–Kier alpha value is -0.320. The average molecular weight is 289 g/mol. The van der Waals surface area contributed by atoms with Gasteiger partial charge in [0, 0.05) is 22.7 Å². The van der Waals surface area contributed by atoms with Gasteiger partial charge in [0.15, 0.2) is 0 Å². The van der Waals surface area contributed by atoms with Crippen LogP contribution in [0.5, 0.6) is 0 Å². The Morgan fingerprint density at radius 1 is 1.44 bits per heavy atom. The van der Waals surface area contributed by atoms with Crippen LogP contribution in [-0.4, -0.2) is 12.7 Å². The number of halogens is 2. The first-order chi connectivity index (χ1) is 8.70. The van der Waals surface area contributed by atoms with Crippen LogP contribution in [0, 0.1) is 0 Å². The summed E-state index contributed by atoms with van der Waals surface area (Å²) in [6.07, 6.45) is 4.57. The number of rotatable bonds is 5. The molecule has 0 radical (unpaired) electrons. The number of nitrogens with one attached hydrogen (secondary N) is 1. The van der Waals surface area contributed by atoms with Crippen molar-refractivity contribution in [2.24, 2.45) is 5.84 Å². The lowest BCUT2D eigenvalue weighted by Gasteiger charge is -2.19. The predicted molar refractivity (Wildman–Crippen MR) is 74.7 cm³/mol. The third-order valence-electron chi connectivity index (χ3n) is 3.34. The van der Waals surface area contributed by atoms with Crippen molar-refractivity contribution < 1.29 is 4.74 Å². The Balaban J connectivity index is 1.98. The average Bonchev–Trinajstić information content (AvgIpc) is 2.85. The van der Waals surface area contributed by atoms with Gasteiger partial charge in [-0.05, 0) is 43.4 Å². The van der Waals surface area contributed by atoms with Gasteiger partial charge >= 0.3 is 0 Å². The fraction of sp³-hybridized carbons (Fsp3) is 0.538. The van der Waals surface area contributed by atoms with Gasteiger partial charge in [0.05, 0.1) is 6.10 Å². The number of hydrazine groups is 1. The summed E-state index contributed by atoms with van der Waals surface area (Å²) in [5, 5.41) is 1.29. The van der Waals surface area contributed by atoms with Crippen LogP contribution in [0.3, 0.4) is 0 Å². The van der Waals surface area contributed by atoms with Crippen molar-refractivity contribution in [2.45, 2.75) is 37.8 Å². The summed E-state index contributed by atoms with van der Waals surface area (Å²) >= 11 is 12.1. The Bertz CT molecular complexity index is 395. The Morgan fingerprint density at radius 2 is 2.28 bits per heavy atom. The number of hydrogen-bond donors (Lipinski definition) is 2. The van der Waals surface area contributed by atoms with Crippen molar-refractivity contribution in [1.82, 2.24) is 5.43 Å². The van der Waals surface area contributed by atoms with Crippen molar-refractivity contribution in [3.8, 4) is 0 Å². The molecule has 2 atom stereocenters. The molecule has 0 saturated carbocycles. The van der Waals surface area contributed by atoms with E-state index in [1.807, 2.05) is 12.1 Å². The summed E-state index contributed by atoms with van der Waals surface area (Å²) in [5.41, 5.74) is 3.81. The molecule has 1 aromatic rings. The zero-order valence-electron chi connectivity index (χ0n) is 10.2. The first-order valence-corrected chi connectivity index (χ1v) is 6.99. The lowest BCUT2D eigenvalue weighted by atomic mass is 10.00. The van der Waals surface area contributed by atoms with Crippen LogP contribution in [0.25, 0.3) is 0 Å². The summed E-state index contributed by atoms with van der Waals surface area (Å²) in [7, 11) is 0. The van der Waals surface area contributed by atoms with Crippen LogP contribution in [0.15, 0.2) is 18.2 Å². The number of hydrogen-bond acceptors (Lipinski definition) is 3. The second-order valence-electron chi connectivity index (χ2n) is 4.60. The van der Waals surface area contributed by atoms with Gasteiger partial charge in [0.2, 0.25) is 0 Å². The molecular formula is C13H18Cl2N2O. The lowest BCUT2D eigenvalue weighted by Crippen LogP contribution is -2.29. The summed E-state index contributed by atoms with van der Waals surface area (Å²) in [5.74, 6) is 5.61. The maximum absolute atomic E-state index is 6.19. The molecule has 1 aliphatic rings. The molecule has 3 N–H and O–H groups in total. The Morgan fingerprint density at radius 3 is 2.89 bits per heavy atom. The van der Waals surface area contributed by atoms with Crippen molar-refractivity contribution in [1.29, 1.82) is 0 Å². The van der Waals surface area contributed by atoms with E-state index >= 15 is 0 Å². The predicted octanol–water partition coefficient (Wildman–Crippen LogP) is 3.46. The lowest BCUT2D eigenvalue weighted by molar-refractivity contribution is 0.0996. The molecule has 18 heavy (non-hydrogen) atoms. The highest BCUT2D eigenvalue weighted by Crippen LogP contribution is 2.30. The fourth-order valence-electron chi connectivity index (χ4n) is 2.34. The van der Waals surface area contributed by atoms with E-state index in [2.05, 4.69) is 5.43 Å². The van der Waals surface area contributed by atoms with E-state index in [0.717, 1.165) is 37.9 Å². The zero-order valence-corrected chi connectivity index (χ0v) is 11.7. The molecule has 1 aliphatic heterocycles. The van der Waals surface area contributed by atoms with E-state index in [0.29, 0.717) is 16.1 Å². The van der Waals surface area contributed by atoms with Gasteiger partial charge < -0.3 is 4.74 Å². The third-order valence-corrected chi connectivity index (χ3v) is 3.90. The van der Waals surface area contributed by atoms with Gasteiger partial charge in [-0.2, -0.15) is 0 Å². The minimum atomic E-state index is 0.0407. The van der Waals surface area contributed by atoms with Crippen LogP contribution >= 0.6 is 23.2 Å². The molecule has 0 bridgehead atoms. The van der Waals surface area contributed by atoms with E-state index < -0.39 is 0 Å². The van der Waals surface area contributed by atoms with Gasteiger partial charge in [-0.25, -0.2) is 0 Å². The van der Waals surface area contributed by atoms with Crippen LogP contribution in [0.2, 0.25) is 10.0 Å². The molecular weight excluding hydrogens is 271 g/mol. The standard InChI is InChI=1S/C13H18Cl2N2O/c14-9-3-5-11(12(15)8-9)13(17-16)6-4-10-2-1-7-18-10/h3,5,8,10,13,17H,1-2,4,6-7,16H2. The normalized spacial score (nSPS) is 21.2. The minimum absolute atomic E-state index is 0.0407. The van der Waals surface area contributed by atoms with Gasteiger partial charge in [-0.3, -0.25) is 11.3 Å². The maximum atomic E-state index is 6.19. The molecule has 0 aliphatic carbocycles. The first-order valence-electron chi connectivity index (χ1n) is 6.23. The van der Waals surface area contributed by atoms with Gasteiger partial charge in [-0.15, -0.1) is 0 Å². The summed E-state index contributed by atoms with van der Waals surface area (Å²) in [6, 6.07) is 5.54. The van der Waals surface area contributed by atoms with Crippen molar-refractivity contribution in [3.05, 3.63) is 33.8 Å². The SMILES string of the molecule is NNC(CCC1CCCO1)c1ccc(Cl)cc1Cl. The van der Waals surface area contributed by atoms with Crippen molar-refractivity contribution >= 4 is 23.2 Å². The molecule has 2 unspecified atom stereocenters. The number of nitrogens with two attached hydrogens (primary N) is 1. The molecule has 0 amide bonds. The van der Waals surface area contributed by atoms with Crippen LogP contribution in [-0.2, 0) is 4.74 Å². The smallest absolute Gasteiger partial charge is 0.0576 e. The number of benzene rings is 1. The second kappa shape index (κ2) is 6.73. The molecule has 2 rings (SSSR count). The molecule has 1 saturated heterocycles. The van der Waals surface area contributed by atoms with Crippen LogP contribution < -0.4 is 11.3 Å². The monoisotopic (exact) mass is 288 g/mol. The van der Waals surface area contributed by atoms with Crippen LogP contribution in [0.1, 0.15) is 37.3 Å². The molecule has 3 nitrogen and oxygen atoms in total. The topological polar surface area (TPSA) is 47.3 Å². The highest BCUT2D eigenvalue weighted by molar-refractivity contribution is 6.35. The van der Waals surface area contributed by atoms with Crippen molar-refractivity contribution in [2.75, 3.05) is 6.61 Å². The molecule has 1 fully saturated rings. The largest absolute Gasteiger partial charge is 0.378 e. The van der Waals surface area contributed by atoms with Gasteiger partial charge in [0.1, 0.15) is 0 Å². The highest BCUT2D eigenvalue weighted by Gasteiger charge is 2.19. The molecule has 0 aromatic heterocycles. The summed E-state index contributed by atoms with van der Waals surface area (Å²) in [6.45, 7) is 0.882. The highest BCUT2D eigenvalue weighted by atomic mass is 35.5. The first kappa shape index (κ1) is 14.1. The van der Waals surface area contributed by atoms with E-state index in [-0.39, 0.29) is 6.04 Å². The summed E-state index contributed by atoms with van der Waals surface area (Å²) in [4.78, 5) is 0. The van der Waals surface area contributed by atoms with Crippen LogP contribution in [0.4, 0.5) is 0 Å². The quantitative estimate of drug-likeness (QED) is 0.644. The van der Waals surface area contributed by atoms with E-state index in [1.54, 1.807) is 6.07 Å².